The first-order valence-corrected chi connectivity index (χ1v) is 7.81. The van der Waals surface area contributed by atoms with Crippen LogP contribution in [0.15, 0.2) is 6.33 Å². The molecule has 106 valence electrons. The Bertz CT molecular complexity index is 418. The molecule has 1 aliphatic heterocycles. The van der Waals surface area contributed by atoms with Gasteiger partial charge in [-0.2, -0.15) is 0 Å². The first-order chi connectivity index (χ1) is 9.18. The number of nitrogens with one attached hydrogen (secondary N) is 1. The van der Waals surface area contributed by atoms with Crippen molar-refractivity contribution in [3.05, 3.63) is 12.2 Å². The summed E-state index contributed by atoms with van der Waals surface area (Å²) in [5.74, 6) is 1.16. The minimum Gasteiger partial charge on any atom is -0.313 e. The van der Waals surface area contributed by atoms with E-state index >= 15 is 0 Å². The maximum atomic E-state index is 4.46. The van der Waals surface area contributed by atoms with Crippen molar-refractivity contribution in [2.45, 2.75) is 70.9 Å². The second-order valence-electron chi connectivity index (χ2n) is 6.87. The van der Waals surface area contributed by atoms with Crippen molar-refractivity contribution in [1.29, 1.82) is 0 Å². The number of aromatic nitrogens is 3. The Labute approximate surface area is 116 Å². The monoisotopic (exact) mass is 262 g/mol. The van der Waals surface area contributed by atoms with Crippen LogP contribution < -0.4 is 5.32 Å². The number of nitrogens with zero attached hydrogens (tertiary/aromatic N) is 3. The summed E-state index contributed by atoms with van der Waals surface area (Å²) < 4.78 is 2.36. The van der Waals surface area contributed by atoms with Crippen LogP contribution in [0.2, 0.25) is 0 Å². The summed E-state index contributed by atoms with van der Waals surface area (Å²) in [4.78, 5) is 0. The zero-order valence-corrected chi connectivity index (χ0v) is 12.2. The lowest BCUT2D eigenvalue weighted by molar-refractivity contribution is 0.165. The zero-order chi connectivity index (χ0) is 13.3. The Morgan fingerprint density at radius 2 is 2.00 bits per heavy atom. The summed E-state index contributed by atoms with van der Waals surface area (Å²) >= 11 is 0. The van der Waals surface area contributed by atoms with E-state index in [4.69, 9.17) is 0 Å². The lowest BCUT2D eigenvalue weighted by Gasteiger charge is -2.39. The first kappa shape index (κ1) is 13.1. The van der Waals surface area contributed by atoms with Crippen molar-refractivity contribution in [1.82, 2.24) is 20.1 Å². The number of piperidine rings is 1. The molecular weight excluding hydrogens is 236 g/mol. The predicted molar refractivity (Wildman–Crippen MR) is 75.9 cm³/mol. The molecule has 0 aromatic carbocycles. The summed E-state index contributed by atoms with van der Waals surface area (Å²) in [5, 5.41) is 12.3. The van der Waals surface area contributed by atoms with E-state index in [1.165, 1.54) is 44.9 Å². The second-order valence-corrected chi connectivity index (χ2v) is 6.87. The van der Waals surface area contributed by atoms with Gasteiger partial charge < -0.3 is 9.88 Å². The molecule has 2 heterocycles. The summed E-state index contributed by atoms with van der Waals surface area (Å²) in [5.41, 5.74) is 0.275. The van der Waals surface area contributed by atoms with Crippen LogP contribution >= 0.6 is 0 Å². The maximum Gasteiger partial charge on any atom is 0.150 e. The molecule has 0 amide bonds. The molecule has 0 radical (unpaired) electrons. The molecule has 3 rings (SSSR count). The highest BCUT2D eigenvalue weighted by atomic mass is 15.3. The molecule has 2 fully saturated rings. The molecule has 0 spiro atoms. The van der Waals surface area contributed by atoms with Crippen molar-refractivity contribution in [2.75, 3.05) is 6.54 Å². The van der Waals surface area contributed by atoms with Gasteiger partial charge >= 0.3 is 0 Å². The Balaban J connectivity index is 1.86. The van der Waals surface area contributed by atoms with Crippen LogP contribution in [0.25, 0.3) is 0 Å². The molecule has 4 heteroatoms. The molecule has 1 aliphatic carbocycles. The fraction of sp³-hybridized carbons (Fsp3) is 0.867. The fourth-order valence-electron chi connectivity index (χ4n) is 3.75. The number of hydrogen-bond donors (Lipinski definition) is 1. The van der Waals surface area contributed by atoms with Crippen LogP contribution in [0.5, 0.6) is 0 Å². The molecule has 1 N–H and O–H groups in total. The molecule has 1 aromatic rings. The molecule has 1 saturated heterocycles. The van der Waals surface area contributed by atoms with Crippen molar-refractivity contribution in [2.24, 2.45) is 5.41 Å². The van der Waals surface area contributed by atoms with Gasteiger partial charge in [0.1, 0.15) is 6.33 Å². The molecule has 1 atom stereocenters. The fourth-order valence-corrected chi connectivity index (χ4v) is 3.75. The molecule has 1 saturated carbocycles. The first-order valence-electron chi connectivity index (χ1n) is 7.81. The van der Waals surface area contributed by atoms with Gasteiger partial charge in [-0.15, -0.1) is 10.2 Å². The Morgan fingerprint density at radius 3 is 2.74 bits per heavy atom. The van der Waals surface area contributed by atoms with Gasteiger partial charge in [0.25, 0.3) is 0 Å². The average molecular weight is 262 g/mol. The summed E-state index contributed by atoms with van der Waals surface area (Å²) in [7, 11) is 0. The van der Waals surface area contributed by atoms with Gasteiger partial charge in [-0.25, -0.2) is 0 Å². The lowest BCUT2D eigenvalue weighted by atomic mass is 9.77. The predicted octanol–water partition coefficient (Wildman–Crippen LogP) is 3.23. The number of hydrogen-bond acceptors (Lipinski definition) is 3. The summed E-state index contributed by atoms with van der Waals surface area (Å²) in [6, 6.07) is 0.976. The van der Waals surface area contributed by atoms with Gasteiger partial charge in [0.05, 0.1) is 6.04 Å². The highest BCUT2D eigenvalue weighted by molar-refractivity contribution is 5.05. The molecule has 2 aliphatic rings. The van der Waals surface area contributed by atoms with E-state index in [2.05, 4.69) is 33.9 Å². The van der Waals surface area contributed by atoms with Crippen LogP contribution in [-0.4, -0.2) is 21.3 Å². The molecule has 1 aromatic heterocycles. The maximum absolute atomic E-state index is 4.46. The smallest absolute Gasteiger partial charge is 0.150 e. The van der Waals surface area contributed by atoms with Crippen LogP contribution in [0, 0.1) is 5.41 Å². The van der Waals surface area contributed by atoms with Crippen molar-refractivity contribution in [3.63, 3.8) is 0 Å². The molecule has 4 nitrogen and oxygen atoms in total. The van der Waals surface area contributed by atoms with Crippen LogP contribution in [-0.2, 0) is 0 Å². The minimum absolute atomic E-state index is 0.275. The van der Waals surface area contributed by atoms with Crippen molar-refractivity contribution >= 4 is 0 Å². The van der Waals surface area contributed by atoms with Gasteiger partial charge in [-0.05, 0) is 37.6 Å². The van der Waals surface area contributed by atoms with Crippen molar-refractivity contribution in [3.8, 4) is 0 Å². The molecule has 19 heavy (non-hydrogen) atoms. The second kappa shape index (κ2) is 5.23. The quantitative estimate of drug-likeness (QED) is 0.889. The Morgan fingerprint density at radius 1 is 1.21 bits per heavy atom. The highest BCUT2D eigenvalue weighted by Gasteiger charge is 2.37. The number of rotatable bonds is 2. The Kier molecular flexibility index (Phi) is 3.61. The summed E-state index contributed by atoms with van der Waals surface area (Å²) in [6.07, 6.45) is 11.2. The van der Waals surface area contributed by atoms with E-state index in [0.29, 0.717) is 12.1 Å². The third kappa shape index (κ3) is 2.55. The third-order valence-corrected chi connectivity index (χ3v) is 4.95. The molecule has 1 unspecified atom stereocenters. The van der Waals surface area contributed by atoms with Crippen LogP contribution in [0.4, 0.5) is 0 Å². The highest BCUT2D eigenvalue weighted by Crippen LogP contribution is 2.40. The van der Waals surface area contributed by atoms with Gasteiger partial charge in [-0.1, -0.05) is 33.1 Å². The van der Waals surface area contributed by atoms with E-state index in [-0.39, 0.29) is 5.41 Å². The van der Waals surface area contributed by atoms with E-state index in [0.717, 1.165) is 12.4 Å². The molecular formula is C15H26N4. The summed E-state index contributed by atoms with van der Waals surface area (Å²) in [6.45, 7) is 5.80. The standard InChI is InChI=1S/C15H26N4/c1-15(2)9-6-10-16-13(15)14-18-17-11-19(14)12-7-4-3-5-8-12/h11-13,16H,3-10H2,1-2H3. The normalized spacial score (nSPS) is 28.4. The van der Waals surface area contributed by atoms with Gasteiger partial charge in [-0.3, -0.25) is 0 Å². The largest absolute Gasteiger partial charge is 0.313 e. The van der Waals surface area contributed by atoms with E-state index in [1.54, 1.807) is 0 Å². The zero-order valence-electron chi connectivity index (χ0n) is 12.2. The third-order valence-electron chi connectivity index (χ3n) is 4.95. The van der Waals surface area contributed by atoms with Crippen LogP contribution in [0.3, 0.4) is 0 Å². The topological polar surface area (TPSA) is 42.7 Å². The SMILES string of the molecule is CC1(C)CCCNC1c1nncn1C1CCCCC1. The lowest BCUT2D eigenvalue weighted by Crippen LogP contribution is -2.41. The van der Waals surface area contributed by atoms with Gasteiger partial charge in [0.15, 0.2) is 5.82 Å². The van der Waals surface area contributed by atoms with E-state index in [1.807, 2.05) is 6.33 Å². The van der Waals surface area contributed by atoms with Crippen molar-refractivity contribution < 1.29 is 0 Å². The van der Waals surface area contributed by atoms with E-state index in [9.17, 15) is 0 Å². The van der Waals surface area contributed by atoms with E-state index < -0.39 is 0 Å². The Hall–Kier alpha value is -0.900. The van der Waals surface area contributed by atoms with Gasteiger partial charge in [0, 0.05) is 6.04 Å². The van der Waals surface area contributed by atoms with Crippen LogP contribution in [0.1, 0.15) is 76.7 Å². The minimum atomic E-state index is 0.275. The average Bonchev–Trinajstić information content (AvgIpc) is 2.88. The molecule has 0 bridgehead atoms. The van der Waals surface area contributed by atoms with Gasteiger partial charge in [0.2, 0.25) is 0 Å².